The van der Waals surface area contributed by atoms with Gasteiger partial charge >= 0.3 is 5.97 Å². The van der Waals surface area contributed by atoms with E-state index in [4.69, 9.17) is 16.3 Å². The molecule has 0 saturated heterocycles. The maximum absolute atomic E-state index is 12.6. The summed E-state index contributed by atoms with van der Waals surface area (Å²) in [6.45, 7) is 2.72. The van der Waals surface area contributed by atoms with Gasteiger partial charge in [-0.3, -0.25) is 9.59 Å². The van der Waals surface area contributed by atoms with Crippen LogP contribution in [0.2, 0.25) is 5.02 Å². The first-order valence-corrected chi connectivity index (χ1v) is 9.13. The number of esters is 1. The topological polar surface area (TPSA) is 90.3 Å². The Bertz CT molecular complexity index is 1080. The van der Waals surface area contributed by atoms with Crippen LogP contribution in [0.4, 0.5) is 5.69 Å². The molecule has 2 aromatic carbocycles. The van der Waals surface area contributed by atoms with Gasteiger partial charge in [0, 0.05) is 0 Å². The second-order valence-electron chi connectivity index (χ2n) is 6.23. The lowest BCUT2D eigenvalue weighted by Gasteiger charge is -2.08. The molecule has 29 heavy (non-hydrogen) atoms. The van der Waals surface area contributed by atoms with Crippen molar-refractivity contribution in [2.45, 2.75) is 13.8 Å². The summed E-state index contributed by atoms with van der Waals surface area (Å²) in [4.78, 5) is 36.8. The van der Waals surface area contributed by atoms with Crippen LogP contribution in [0, 0.1) is 13.8 Å². The molecule has 0 bridgehead atoms. The molecule has 0 radical (unpaired) electrons. The number of benzene rings is 2. The molecule has 0 aliphatic heterocycles. The van der Waals surface area contributed by atoms with E-state index in [1.165, 1.54) is 0 Å². The van der Waals surface area contributed by atoms with Crippen molar-refractivity contribution < 1.29 is 19.1 Å². The second kappa shape index (κ2) is 8.70. The quantitative estimate of drug-likeness (QED) is 0.381. The van der Waals surface area contributed by atoms with Gasteiger partial charge in [0.2, 0.25) is 0 Å². The van der Waals surface area contributed by atoms with Gasteiger partial charge in [-0.25, -0.2) is 9.48 Å². The number of nitrogens with zero attached hydrogens (tertiary/aromatic N) is 2. The molecular weight excluding hydrogens is 394 g/mol. The number of ketones is 1. The number of hydrogen-bond donors (Lipinski definition) is 1. The molecule has 0 spiro atoms. The van der Waals surface area contributed by atoms with Gasteiger partial charge in [-0.15, -0.1) is 0 Å². The van der Waals surface area contributed by atoms with Crippen molar-refractivity contribution in [1.82, 2.24) is 9.78 Å². The number of halogens is 1. The molecule has 1 N–H and O–H groups in total. The zero-order valence-electron chi connectivity index (χ0n) is 15.8. The van der Waals surface area contributed by atoms with Crippen LogP contribution < -0.4 is 5.32 Å². The van der Waals surface area contributed by atoms with Crippen LogP contribution in [0.15, 0.2) is 54.6 Å². The minimum atomic E-state index is -1.13. The van der Waals surface area contributed by atoms with Gasteiger partial charge in [-0.2, -0.15) is 5.10 Å². The molecular formula is C21H18ClN3O4. The zero-order chi connectivity index (χ0) is 21.0. The minimum Gasteiger partial charge on any atom is -0.450 e. The number of aromatic nitrogens is 2. The fourth-order valence-electron chi connectivity index (χ4n) is 2.84. The van der Waals surface area contributed by atoms with Gasteiger partial charge in [0.15, 0.2) is 6.61 Å². The maximum Gasteiger partial charge on any atom is 0.380 e. The zero-order valence-corrected chi connectivity index (χ0v) is 16.6. The number of rotatable bonds is 6. The van der Waals surface area contributed by atoms with Crippen molar-refractivity contribution in [3.8, 4) is 5.69 Å². The SMILES string of the molecule is Cc1nn(-c2ccccc2)c(C)c1C(=O)C(=O)OCC(=O)Nc1ccccc1Cl. The average molecular weight is 412 g/mol. The maximum atomic E-state index is 12.6. The van der Waals surface area contributed by atoms with Crippen LogP contribution in [0.25, 0.3) is 5.69 Å². The number of anilines is 1. The average Bonchev–Trinajstić information content (AvgIpc) is 3.02. The molecule has 8 heteroatoms. The summed E-state index contributed by atoms with van der Waals surface area (Å²) >= 11 is 5.96. The number of nitrogens with one attached hydrogen (secondary N) is 1. The molecule has 1 aromatic heterocycles. The first kappa shape index (κ1) is 20.3. The van der Waals surface area contributed by atoms with Gasteiger partial charge in [0.25, 0.3) is 11.7 Å². The highest BCUT2D eigenvalue weighted by molar-refractivity contribution is 6.41. The molecule has 0 atom stereocenters. The lowest BCUT2D eigenvalue weighted by atomic mass is 10.1. The van der Waals surface area contributed by atoms with Gasteiger partial charge in [-0.1, -0.05) is 41.9 Å². The summed E-state index contributed by atoms with van der Waals surface area (Å²) in [6.07, 6.45) is 0. The van der Waals surface area contributed by atoms with Crippen LogP contribution in [-0.4, -0.2) is 34.0 Å². The van der Waals surface area contributed by atoms with E-state index >= 15 is 0 Å². The Labute approximate surface area is 172 Å². The summed E-state index contributed by atoms with van der Waals surface area (Å²) in [5, 5.41) is 7.21. The Morgan fingerprint density at radius 1 is 1.03 bits per heavy atom. The summed E-state index contributed by atoms with van der Waals surface area (Å²) in [5.74, 6) is -2.58. The smallest absolute Gasteiger partial charge is 0.380 e. The van der Waals surface area contributed by atoms with E-state index in [1.807, 2.05) is 30.3 Å². The predicted octanol–water partition coefficient (Wildman–Crippen LogP) is 3.51. The second-order valence-corrected chi connectivity index (χ2v) is 6.63. The summed E-state index contributed by atoms with van der Waals surface area (Å²) in [7, 11) is 0. The lowest BCUT2D eigenvalue weighted by Crippen LogP contribution is -2.25. The Hall–Kier alpha value is -3.45. The van der Waals surface area contributed by atoms with Crippen molar-refractivity contribution in [2.75, 3.05) is 11.9 Å². The molecule has 0 saturated carbocycles. The predicted molar refractivity (Wildman–Crippen MR) is 108 cm³/mol. The van der Waals surface area contributed by atoms with Gasteiger partial charge in [0.05, 0.1) is 33.3 Å². The highest BCUT2D eigenvalue weighted by Crippen LogP contribution is 2.21. The van der Waals surface area contributed by atoms with Crippen LogP contribution in [0.5, 0.6) is 0 Å². The molecule has 0 aliphatic rings. The van der Waals surface area contributed by atoms with Gasteiger partial charge in [-0.05, 0) is 38.1 Å². The summed E-state index contributed by atoms with van der Waals surface area (Å²) in [6, 6.07) is 15.9. The molecule has 7 nitrogen and oxygen atoms in total. The molecule has 3 rings (SSSR count). The fourth-order valence-corrected chi connectivity index (χ4v) is 3.02. The number of ether oxygens (including phenoxy) is 1. The fraction of sp³-hybridized carbons (Fsp3) is 0.143. The lowest BCUT2D eigenvalue weighted by molar-refractivity contribution is -0.142. The summed E-state index contributed by atoms with van der Waals surface area (Å²) < 4.78 is 6.46. The van der Waals surface area contributed by atoms with Crippen molar-refractivity contribution in [2.24, 2.45) is 0 Å². The molecule has 0 unspecified atom stereocenters. The highest BCUT2D eigenvalue weighted by atomic mass is 35.5. The third-order valence-electron chi connectivity index (χ3n) is 4.19. The van der Waals surface area contributed by atoms with Crippen LogP contribution in [-0.2, 0) is 14.3 Å². The first-order chi connectivity index (χ1) is 13.9. The van der Waals surface area contributed by atoms with E-state index in [9.17, 15) is 14.4 Å². The number of para-hydroxylation sites is 2. The largest absolute Gasteiger partial charge is 0.450 e. The Kier molecular flexibility index (Phi) is 6.09. The number of carbonyl (C=O) groups is 3. The van der Waals surface area contributed by atoms with E-state index in [1.54, 1.807) is 42.8 Å². The standard InChI is InChI=1S/C21H18ClN3O4/c1-13-19(14(2)25(24-13)15-8-4-3-5-9-15)20(27)21(28)29-12-18(26)23-17-11-7-6-10-16(17)22/h3-11H,12H2,1-2H3,(H,23,26). The third kappa shape index (κ3) is 4.52. The highest BCUT2D eigenvalue weighted by Gasteiger charge is 2.27. The van der Waals surface area contributed by atoms with Crippen molar-refractivity contribution >= 4 is 34.9 Å². The van der Waals surface area contributed by atoms with Crippen molar-refractivity contribution in [3.63, 3.8) is 0 Å². The molecule has 0 aliphatic carbocycles. The summed E-state index contributed by atoms with van der Waals surface area (Å²) in [5.41, 5.74) is 2.22. The number of carbonyl (C=O) groups excluding carboxylic acids is 3. The number of amides is 1. The van der Waals surface area contributed by atoms with Crippen LogP contribution in [0.1, 0.15) is 21.7 Å². The molecule has 1 amide bonds. The Morgan fingerprint density at radius 3 is 2.38 bits per heavy atom. The molecule has 1 heterocycles. The monoisotopic (exact) mass is 411 g/mol. The van der Waals surface area contributed by atoms with Crippen molar-refractivity contribution in [1.29, 1.82) is 0 Å². The Balaban J connectivity index is 1.68. The molecule has 3 aromatic rings. The first-order valence-electron chi connectivity index (χ1n) is 8.76. The molecule has 148 valence electrons. The van der Waals surface area contributed by atoms with E-state index in [0.29, 0.717) is 22.1 Å². The minimum absolute atomic E-state index is 0.158. The number of aryl methyl sites for hydroxylation is 1. The van der Waals surface area contributed by atoms with Crippen LogP contribution in [0.3, 0.4) is 0 Å². The third-order valence-corrected chi connectivity index (χ3v) is 4.52. The van der Waals surface area contributed by atoms with E-state index in [0.717, 1.165) is 5.69 Å². The van der Waals surface area contributed by atoms with E-state index in [2.05, 4.69) is 10.4 Å². The van der Waals surface area contributed by atoms with Crippen molar-refractivity contribution in [3.05, 3.63) is 76.6 Å². The van der Waals surface area contributed by atoms with Crippen LogP contribution >= 0.6 is 11.6 Å². The van der Waals surface area contributed by atoms with E-state index < -0.39 is 24.3 Å². The van der Waals surface area contributed by atoms with Gasteiger partial charge < -0.3 is 10.1 Å². The van der Waals surface area contributed by atoms with Gasteiger partial charge in [0.1, 0.15) is 0 Å². The normalized spacial score (nSPS) is 10.4. The van der Waals surface area contributed by atoms with E-state index in [-0.39, 0.29) is 5.56 Å². The Morgan fingerprint density at radius 2 is 1.69 bits per heavy atom. The molecule has 0 fully saturated rings. The number of Topliss-reactive ketones (excluding diaryl/α,β-unsaturated/α-hetero) is 1. The number of hydrogen-bond acceptors (Lipinski definition) is 5.